The average molecular weight is 529 g/mol. The van der Waals surface area contributed by atoms with Crippen LogP contribution in [-0.4, -0.2) is 8.07 Å². The van der Waals surface area contributed by atoms with Gasteiger partial charge in [0.2, 0.25) is 0 Å². The van der Waals surface area contributed by atoms with E-state index in [1.54, 1.807) is 22.7 Å². The molecule has 0 saturated carbocycles. The zero-order valence-corrected chi connectivity index (χ0v) is 22.3. The number of benzene rings is 4. The summed E-state index contributed by atoms with van der Waals surface area (Å²) in [6.45, 7) is 0. The van der Waals surface area contributed by atoms with Crippen molar-refractivity contribution in [1.29, 1.82) is 0 Å². The number of fused-ring (bicyclic) bond motifs is 6. The second-order valence-electron chi connectivity index (χ2n) is 9.35. The molecule has 0 N–H and O–H groups in total. The van der Waals surface area contributed by atoms with E-state index in [-0.39, 0.29) is 0 Å². The lowest BCUT2D eigenvalue weighted by atomic mass is 10.2. The van der Waals surface area contributed by atoms with E-state index in [1.807, 2.05) is 0 Å². The molecule has 176 valence electrons. The summed E-state index contributed by atoms with van der Waals surface area (Å²) < 4.78 is 12.4. The van der Waals surface area contributed by atoms with Crippen molar-refractivity contribution in [2.45, 2.75) is 0 Å². The highest BCUT2D eigenvalue weighted by molar-refractivity contribution is 7.20. The van der Waals surface area contributed by atoms with Crippen molar-refractivity contribution in [2.24, 2.45) is 0 Å². The largest absolute Gasteiger partial charge is 0.445 e. The second-order valence-corrected chi connectivity index (χ2v) is 14.9. The molecule has 0 aliphatic heterocycles. The van der Waals surface area contributed by atoms with Crippen LogP contribution in [0.3, 0.4) is 0 Å². The third kappa shape index (κ3) is 3.02. The van der Waals surface area contributed by atoms with E-state index in [1.165, 1.54) is 42.3 Å². The van der Waals surface area contributed by atoms with Gasteiger partial charge in [0.05, 0.1) is 0 Å². The molecule has 0 aliphatic rings. The Bertz CT molecular complexity index is 1890. The Morgan fingerprint density at radius 3 is 1.35 bits per heavy atom. The molecule has 0 bridgehead atoms. The minimum atomic E-state index is -2.69. The summed E-state index contributed by atoms with van der Waals surface area (Å²) in [6.07, 6.45) is 0. The molecule has 0 atom stereocenters. The Kier molecular flexibility index (Phi) is 4.61. The van der Waals surface area contributed by atoms with Gasteiger partial charge >= 0.3 is 0 Å². The van der Waals surface area contributed by atoms with Crippen LogP contribution >= 0.6 is 22.7 Å². The van der Waals surface area contributed by atoms with Gasteiger partial charge in [0, 0.05) is 21.5 Å². The van der Waals surface area contributed by atoms with Crippen LogP contribution in [-0.2, 0) is 0 Å². The zero-order valence-electron chi connectivity index (χ0n) is 19.7. The van der Waals surface area contributed by atoms with E-state index < -0.39 is 8.07 Å². The first kappa shape index (κ1) is 21.2. The van der Waals surface area contributed by atoms with Gasteiger partial charge in [0.15, 0.2) is 17.9 Å². The van der Waals surface area contributed by atoms with Crippen LogP contribution in [0.25, 0.3) is 42.5 Å². The molecule has 0 aliphatic carbocycles. The fourth-order valence-corrected chi connectivity index (χ4v) is 12.2. The highest BCUT2D eigenvalue weighted by atomic mass is 32.1. The molecule has 4 aromatic carbocycles. The molecule has 0 saturated heterocycles. The van der Waals surface area contributed by atoms with E-state index in [0.717, 1.165) is 21.0 Å². The number of furan rings is 2. The Morgan fingerprint density at radius 1 is 0.432 bits per heavy atom. The van der Waals surface area contributed by atoms with Gasteiger partial charge in [0.1, 0.15) is 11.2 Å². The number of hydrogen-bond acceptors (Lipinski definition) is 4. The summed E-state index contributed by atoms with van der Waals surface area (Å²) in [4.78, 5) is 1.97. The molecular weight excluding hydrogens is 509 g/mol. The standard InChI is InChI=1S/C32H20O2S2Si/c1-3-7-21(8-4-1)37(22-9-5-2-6-10-22,23-11-13-29-27(19-23)25-15-17-35-31(25)33-29)24-12-14-30-28(20-24)26-16-18-36-32(26)34-30/h1-20H. The molecule has 5 heteroatoms. The first-order valence-electron chi connectivity index (χ1n) is 12.2. The monoisotopic (exact) mass is 528 g/mol. The first-order valence-corrected chi connectivity index (χ1v) is 16.0. The Balaban J connectivity index is 1.53. The van der Waals surface area contributed by atoms with Crippen molar-refractivity contribution in [2.75, 3.05) is 0 Å². The molecule has 0 radical (unpaired) electrons. The van der Waals surface area contributed by atoms with E-state index in [0.29, 0.717) is 0 Å². The van der Waals surface area contributed by atoms with Crippen molar-refractivity contribution in [3.8, 4) is 0 Å². The molecule has 2 nitrogen and oxygen atoms in total. The Hall–Kier alpha value is -3.90. The molecule has 0 fully saturated rings. The normalized spacial score (nSPS) is 12.3. The molecular formula is C32H20O2S2Si. The van der Waals surface area contributed by atoms with Gasteiger partial charge in [-0.1, -0.05) is 84.9 Å². The summed E-state index contributed by atoms with van der Waals surface area (Å²) >= 11 is 3.31. The van der Waals surface area contributed by atoms with Crippen molar-refractivity contribution in [1.82, 2.24) is 0 Å². The van der Waals surface area contributed by atoms with Gasteiger partial charge in [-0.15, -0.1) is 22.7 Å². The fourth-order valence-electron chi connectivity index (χ4n) is 5.85. The van der Waals surface area contributed by atoms with Gasteiger partial charge < -0.3 is 8.83 Å². The van der Waals surface area contributed by atoms with E-state index >= 15 is 0 Å². The average Bonchev–Trinajstić information content (AvgIpc) is 3.72. The van der Waals surface area contributed by atoms with Crippen LogP contribution in [0.5, 0.6) is 0 Å². The van der Waals surface area contributed by atoms with Gasteiger partial charge in [-0.25, -0.2) is 0 Å². The Morgan fingerprint density at radius 2 is 0.892 bits per heavy atom. The molecule has 0 amide bonds. The van der Waals surface area contributed by atoms with Crippen LogP contribution in [0.2, 0.25) is 0 Å². The lowest BCUT2D eigenvalue weighted by molar-refractivity contribution is 0.677. The fraction of sp³-hybridized carbons (Fsp3) is 0. The molecule has 37 heavy (non-hydrogen) atoms. The summed E-state index contributed by atoms with van der Waals surface area (Å²) in [5, 5.41) is 14.4. The van der Waals surface area contributed by atoms with Gasteiger partial charge in [-0.05, 0) is 55.8 Å². The number of hydrogen-bond donors (Lipinski definition) is 0. The molecule has 0 unspecified atom stereocenters. The number of rotatable bonds is 4. The Labute approximate surface area is 222 Å². The molecule has 0 spiro atoms. The maximum absolute atomic E-state index is 6.19. The predicted molar refractivity (Wildman–Crippen MR) is 160 cm³/mol. The van der Waals surface area contributed by atoms with Crippen LogP contribution in [0, 0.1) is 0 Å². The SMILES string of the molecule is c1ccc([Si](c2ccccc2)(c2ccc3oc4sccc4c3c2)c2ccc3oc4sccc4c3c2)cc1. The van der Waals surface area contributed by atoms with Crippen molar-refractivity contribution in [3.05, 3.63) is 120 Å². The summed E-state index contributed by atoms with van der Waals surface area (Å²) in [5.74, 6) is 0. The molecule has 4 aromatic heterocycles. The lowest BCUT2D eigenvalue weighted by Crippen LogP contribution is -2.74. The first-order chi connectivity index (χ1) is 18.3. The van der Waals surface area contributed by atoms with Gasteiger partial charge in [-0.2, -0.15) is 0 Å². The van der Waals surface area contributed by atoms with Crippen LogP contribution in [0.15, 0.2) is 129 Å². The third-order valence-electron chi connectivity index (χ3n) is 7.48. The smallest absolute Gasteiger partial charge is 0.188 e. The van der Waals surface area contributed by atoms with E-state index in [9.17, 15) is 0 Å². The zero-order chi connectivity index (χ0) is 24.4. The minimum Gasteiger partial charge on any atom is -0.445 e. The van der Waals surface area contributed by atoms with E-state index in [2.05, 4.69) is 120 Å². The number of thiophene rings is 2. The molecule has 8 rings (SSSR count). The predicted octanol–water partition coefficient (Wildman–Crippen LogP) is 6.99. The highest BCUT2D eigenvalue weighted by Crippen LogP contribution is 2.33. The van der Waals surface area contributed by atoms with Gasteiger partial charge in [0.25, 0.3) is 0 Å². The van der Waals surface area contributed by atoms with Crippen LogP contribution in [0.4, 0.5) is 0 Å². The van der Waals surface area contributed by atoms with Crippen molar-refractivity contribution < 1.29 is 8.83 Å². The maximum atomic E-state index is 6.19. The second kappa shape index (κ2) is 8.05. The molecule has 4 heterocycles. The highest BCUT2D eigenvalue weighted by Gasteiger charge is 2.42. The third-order valence-corrected chi connectivity index (χ3v) is 13.8. The maximum Gasteiger partial charge on any atom is 0.188 e. The minimum absolute atomic E-state index is 0.944. The quantitative estimate of drug-likeness (QED) is 0.182. The summed E-state index contributed by atoms with van der Waals surface area (Å²) in [6, 6.07) is 40.1. The van der Waals surface area contributed by atoms with Crippen LogP contribution in [0.1, 0.15) is 0 Å². The van der Waals surface area contributed by atoms with Gasteiger partial charge in [-0.3, -0.25) is 0 Å². The summed E-state index contributed by atoms with van der Waals surface area (Å²) in [5.41, 5.74) is 1.89. The topological polar surface area (TPSA) is 26.3 Å². The summed E-state index contributed by atoms with van der Waals surface area (Å²) in [7, 11) is -2.69. The molecule has 8 aromatic rings. The van der Waals surface area contributed by atoms with Crippen molar-refractivity contribution >= 4 is 94.0 Å². The van der Waals surface area contributed by atoms with E-state index in [4.69, 9.17) is 8.83 Å². The van der Waals surface area contributed by atoms with Crippen molar-refractivity contribution in [3.63, 3.8) is 0 Å². The van der Waals surface area contributed by atoms with Crippen LogP contribution < -0.4 is 20.7 Å². The lowest BCUT2D eigenvalue weighted by Gasteiger charge is -2.34.